The predicted octanol–water partition coefficient (Wildman–Crippen LogP) is 5.90. The van der Waals surface area contributed by atoms with Crippen LogP contribution in [0.4, 0.5) is 11.6 Å². The van der Waals surface area contributed by atoms with E-state index in [2.05, 4.69) is 83.9 Å². The maximum Gasteiger partial charge on any atom is 0.227 e. The molecule has 0 radical (unpaired) electrons. The van der Waals surface area contributed by atoms with Gasteiger partial charge in [-0.15, -0.1) is 0 Å². The first-order chi connectivity index (χ1) is 18.9. The van der Waals surface area contributed by atoms with E-state index >= 15 is 0 Å². The van der Waals surface area contributed by atoms with Crippen molar-refractivity contribution in [2.75, 3.05) is 43.1 Å². The lowest BCUT2D eigenvalue weighted by Crippen LogP contribution is -2.37. The van der Waals surface area contributed by atoms with Crippen LogP contribution in [0.1, 0.15) is 63.1 Å². The van der Waals surface area contributed by atoms with Gasteiger partial charge in [0, 0.05) is 69.3 Å². The number of nitrogens with zero attached hydrogens (tertiary/aromatic N) is 5. The van der Waals surface area contributed by atoms with Gasteiger partial charge < -0.3 is 14.5 Å². The summed E-state index contributed by atoms with van der Waals surface area (Å²) in [6, 6.07) is 16.7. The third kappa shape index (κ3) is 7.57. The Morgan fingerprint density at radius 3 is 2.44 bits per heavy atom. The molecule has 7 nitrogen and oxygen atoms in total. The van der Waals surface area contributed by atoms with Crippen molar-refractivity contribution >= 4 is 17.5 Å². The van der Waals surface area contributed by atoms with E-state index < -0.39 is 0 Å². The summed E-state index contributed by atoms with van der Waals surface area (Å²) in [5.74, 6) is 2.54. The topological polar surface area (TPSA) is 61.8 Å². The second-order valence-electron chi connectivity index (χ2n) is 11.1. The van der Waals surface area contributed by atoms with Crippen LogP contribution < -0.4 is 14.5 Å². The van der Waals surface area contributed by atoms with Crippen molar-refractivity contribution in [2.24, 2.45) is 5.92 Å². The number of benzene rings is 2. The van der Waals surface area contributed by atoms with E-state index in [1.54, 1.807) is 19.5 Å². The van der Waals surface area contributed by atoms with Crippen molar-refractivity contribution in [2.45, 2.75) is 59.5 Å². The Morgan fingerprint density at radius 1 is 0.949 bits per heavy atom. The molecule has 0 unspecified atom stereocenters. The van der Waals surface area contributed by atoms with Crippen molar-refractivity contribution in [3.63, 3.8) is 0 Å². The van der Waals surface area contributed by atoms with Crippen LogP contribution in [-0.4, -0.2) is 54.1 Å². The fourth-order valence-corrected chi connectivity index (χ4v) is 5.17. The number of rotatable bonds is 7. The van der Waals surface area contributed by atoms with E-state index in [4.69, 9.17) is 4.74 Å². The molecule has 4 rings (SSSR count). The number of carbonyl (C=O) groups excluding carboxylic acids is 1. The van der Waals surface area contributed by atoms with E-state index in [1.165, 1.54) is 11.1 Å². The molecule has 1 aliphatic heterocycles. The van der Waals surface area contributed by atoms with Gasteiger partial charge in [-0.3, -0.25) is 9.69 Å². The van der Waals surface area contributed by atoms with Crippen molar-refractivity contribution in [1.29, 1.82) is 0 Å². The number of aromatic nitrogens is 2. The fourth-order valence-electron chi connectivity index (χ4n) is 5.17. The van der Waals surface area contributed by atoms with Crippen LogP contribution in [0, 0.1) is 5.92 Å². The molecule has 39 heavy (non-hydrogen) atoms. The third-order valence-electron chi connectivity index (χ3n) is 7.26. The molecule has 0 bridgehead atoms. The molecule has 2 heterocycles. The molecule has 0 atom stereocenters. The summed E-state index contributed by atoms with van der Waals surface area (Å²) in [6.07, 6.45) is 4.95. The van der Waals surface area contributed by atoms with E-state index in [-0.39, 0.29) is 5.91 Å². The highest BCUT2D eigenvalue weighted by Crippen LogP contribution is 2.29. The first kappa shape index (κ1) is 28.6. The number of para-hydroxylation sites is 1. The van der Waals surface area contributed by atoms with Gasteiger partial charge >= 0.3 is 0 Å². The molecule has 1 aliphatic rings. The molecule has 0 saturated carbocycles. The van der Waals surface area contributed by atoms with Gasteiger partial charge in [0.1, 0.15) is 5.75 Å². The molecule has 2 aromatic carbocycles. The SMILES string of the molecule is COc1ccc(C(C)C)cc1CN1CCN(c2ncccn2)CCCN(C(=O)CC(C)C)c2ccccc2C1. The van der Waals surface area contributed by atoms with Gasteiger partial charge in [0.25, 0.3) is 0 Å². The Bertz CT molecular complexity index is 1210. The Morgan fingerprint density at radius 2 is 1.72 bits per heavy atom. The summed E-state index contributed by atoms with van der Waals surface area (Å²) in [4.78, 5) is 29.3. The summed E-state index contributed by atoms with van der Waals surface area (Å²) in [7, 11) is 1.74. The second kappa shape index (κ2) is 13.6. The summed E-state index contributed by atoms with van der Waals surface area (Å²) < 4.78 is 5.78. The minimum absolute atomic E-state index is 0.178. The maximum atomic E-state index is 13.5. The van der Waals surface area contributed by atoms with Gasteiger partial charge in [0.15, 0.2) is 0 Å². The summed E-state index contributed by atoms with van der Waals surface area (Å²) in [5, 5.41) is 0. The quantitative estimate of drug-likeness (QED) is 0.380. The van der Waals surface area contributed by atoms with Gasteiger partial charge in [0.05, 0.1) is 7.11 Å². The van der Waals surface area contributed by atoms with Gasteiger partial charge in [0.2, 0.25) is 11.9 Å². The van der Waals surface area contributed by atoms with Gasteiger partial charge in [-0.05, 0) is 47.6 Å². The maximum absolute atomic E-state index is 13.5. The number of methoxy groups -OCH3 is 1. The van der Waals surface area contributed by atoms with Crippen LogP contribution in [0.15, 0.2) is 60.9 Å². The van der Waals surface area contributed by atoms with Crippen LogP contribution in [0.5, 0.6) is 5.75 Å². The molecule has 1 amide bonds. The van der Waals surface area contributed by atoms with Crippen LogP contribution in [0.2, 0.25) is 0 Å². The van der Waals surface area contributed by atoms with E-state index in [1.807, 2.05) is 17.0 Å². The van der Waals surface area contributed by atoms with Crippen molar-refractivity contribution in [3.8, 4) is 5.75 Å². The zero-order valence-corrected chi connectivity index (χ0v) is 24.1. The number of hydrogen-bond donors (Lipinski definition) is 0. The Balaban J connectivity index is 1.72. The summed E-state index contributed by atoms with van der Waals surface area (Å²) >= 11 is 0. The lowest BCUT2D eigenvalue weighted by molar-refractivity contribution is -0.119. The molecule has 7 heteroatoms. The standard InChI is InChI=1S/C32H43N5O2/c1-24(2)20-31(38)37-17-9-16-36(32-33-14-8-15-34-32)19-18-35(22-27-10-6-7-11-29(27)37)23-28-21-26(25(3)4)12-13-30(28)39-5/h6-8,10-15,21,24-25H,9,16-20,22-23H2,1-5H3. The fraction of sp³-hybridized carbons (Fsp3) is 0.469. The Kier molecular flexibility index (Phi) is 9.93. The van der Waals surface area contributed by atoms with Crippen molar-refractivity contribution in [3.05, 3.63) is 77.6 Å². The molecule has 0 N–H and O–H groups in total. The molecule has 1 aromatic heterocycles. The molecule has 0 spiro atoms. The van der Waals surface area contributed by atoms with Gasteiger partial charge in [-0.25, -0.2) is 9.97 Å². The van der Waals surface area contributed by atoms with Crippen LogP contribution in [0.3, 0.4) is 0 Å². The number of amides is 1. The largest absolute Gasteiger partial charge is 0.496 e. The number of anilines is 2. The average molecular weight is 530 g/mol. The van der Waals surface area contributed by atoms with Gasteiger partial charge in [-0.2, -0.15) is 0 Å². The number of carbonyl (C=O) groups is 1. The first-order valence-corrected chi connectivity index (χ1v) is 14.1. The van der Waals surface area contributed by atoms with Crippen molar-refractivity contribution < 1.29 is 9.53 Å². The zero-order chi connectivity index (χ0) is 27.8. The minimum atomic E-state index is 0.178. The predicted molar refractivity (Wildman–Crippen MR) is 158 cm³/mol. The summed E-state index contributed by atoms with van der Waals surface area (Å²) in [6.45, 7) is 13.1. The van der Waals surface area contributed by atoms with E-state index in [0.717, 1.165) is 62.1 Å². The highest BCUT2D eigenvalue weighted by atomic mass is 16.5. The van der Waals surface area contributed by atoms with Crippen LogP contribution in [0.25, 0.3) is 0 Å². The van der Waals surface area contributed by atoms with Crippen LogP contribution in [-0.2, 0) is 17.9 Å². The van der Waals surface area contributed by atoms with Crippen molar-refractivity contribution in [1.82, 2.24) is 14.9 Å². The first-order valence-electron chi connectivity index (χ1n) is 14.1. The lowest BCUT2D eigenvalue weighted by Gasteiger charge is -2.29. The molecular formula is C32H43N5O2. The number of ether oxygens (including phenoxy) is 1. The highest BCUT2D eigenvalue weighted by molar-refractivity contribution is 5.94. The van der Waals surface area contributed by atoms with E-state index in [9.17, 15) is 4.79 Å². The molecule has 0 aliphatic carbocycles. The molecule has 0 fully saturated rings. The normalized spacial score (nSPS) is 15.3. The Hall–Kier alpha value is -3.45. The second-order valence-corrected chi connectivity index (χ2v) is 11.1. The third-order valence-corrected chi connectivity index (χ3v) is 7.26. The zero-order valence-electron chi connectivity index (χ0n) is 24.1. The number of hydrogen-bond acceptors (Lipinski definition) is 6. The van der Waals surface area contributed by atoms with Crippen LogP contribution >= 0.6 is 0 Å². The number of fused-ring (bicyclic) bond motifs is 1. The minimum Gasteiger partial charge on any atom is -0.496 e. The lowest BCUT2D eigenvalue weighted by atomic mass is 9.99. The molecule has 208 valence electrons. The highest BCUT2D eigenvalue weighted by Gasteiger charge is 2.23. The Labute approximate surface area is 233 Å². The molecule has 0 saturated heterocycles. The van der Waals surface area contributed by atoms with E-state index in [0.29, 0.717) is 24.8 Å². The molecular weight excluding hydrogens is 486 g/mol. The smallest absolute Gasteiger partial charge is 0.227 e. The summed E-state index contributed by atoms with van der Waals surface area (Å²) in [5.41, 5.74) is 4.65. The monoisotopic (exact) mass is 529 g/mol. The molecule has 3 aromatic rings. The average Bonchev–Trinajstić information content (AvgIpc) is 2.96. The van der Waals surface area contributed by atoms with Gasteiger partial charge in [-0.1, -0.05) is 58.0 Å².